The summed E-state index contributed by atoms with van der Waals surface area (Å²) in [6, 6.07) is 1.75. The number of carbonyl (C=O) groups is 1. The van der Waals surface area contributed by atoms with Gasteiger partial charge in [0.15, 0.2) is 0 Å². The highest BCUT2D eigenvalue weighted by Crippen LogP contribution is 2.21. The number of hydrogen-bond donors (Lipinski definition) is 2. The molecule has 1 atom stereocenters. The normalized spacial score (nSPS) is 13.2. The van der Waals surface area contributed by atoms with Crippen LogP contribution in [0.15, 0.2) is 0 Å². The number of hydrogen-bond acceptors (Lipinski definition) is 3. The summed E-state index contributed by atoms with van der Waals surface area (Å²) in [7, 11) is 0. The van der Waals surface area contributed by atoms with Gasteiger partial charge in [0.05, 0.1) is 11.5 Å². The molecule has 0 heterocycles. The number of nitrogens with zero attached hydrogens (tertiary/aromatic N) is 1. The van der Waals surface area contributed by atoms with E-state index in [1.807, 2.05) is 13.8 Å². The van der Waals surface area contributed by atoms with Gasteiger partial charge < -0.3 is 10.4 Å². The molecule has 15 heavy (non-hydrogen) atoms. The van der Waals surface area contributed by atoms with Crippen LogP contribution in [0.3, 0.4) is 0 Å². The van der Waals surface area contributed by atoms with Gasteiger partial charge in [-0.15, -0.1) is 0 Å². The number of rotatable bonds is 7. The van der Waals surface area contributed by atoms with E-state index in [1.165, 1.54) is 0 Å². The van der Waals surface area contributed by atoms with Crippen molar-refractivity contribution in [2.24, 2.45) is 5.41 Å². The Hall–Kier alpha value is -1.08. The molecule has 4 nitrogen and oxygen atoms in total. The van der Waals surface area contributed by atoms with Crippen LogP contribution < -0.4 is 5.32 Å². The van der Waals surface area contributed by atoms with Gasteiger partial charge in [-0.1, -0.05) is 6.42 Å². The Kier molecular flexibility index (Phi) is 5.95. The molecule has 2 N–H and O–H groups in total. The van der Waals surface area contributed by atoms with E-state index in [0.717, 1.165) is 19.3 Å². The van der Waals surface area contributed by atoms with Crippen LogP contribution in [-0.2, 0) is 4.79 Å². The Morgan fingerprint density at radius 2 is 2.13 bits per heavy atom. The molecular weight excluding hydrogens is 192 g/mol. The van der Waals surface area contributed by atoms with Gasteiger partial charge >= 0.3 is 5.97 Å². The topological polar surface area (TPSA) is 73.1 Å². The van der Waals surface area contributed by atoms with Crippen molar-refractivity contribution >= 4 is 5.97 Å². The predicted octanol–water partition coefficient (Wildman–Crippen LogP) is 1.77. The Balaban J connectivity index is 3.49. The lowest BCUT2D eigenvalue weighted by molar-refractivity contribution is -0.138. The molecule has 0 aromatic rings. The highest BCUT2D eigenvalue weighted by Gasteiger charge is 2.15. The summed E-state index contributed by atoms with van der Waals surface area (Å²) in [5, 5.41) is 20.3. The number of nitrogens with one attached hydrogen (secondary N) is 1. The van der Waals surface area contributed by atoms with Crippen LogP contribution >= 0.6 is 0 Å². The van der Waals surface area contributed by atoms with Gasteiger partial charge in [0.1, 0.15) is 6.04 Å². The van der Waals surface area contributed by atoms with Crippen LogP contribution in [0.1, 0.15) is 40.0 Å². The summed E-state index contributed by atoms with van der Waals surface area (Å²) in [4.78, 5) is 10.5. The van der Waals surface area contributed by atoms with E-state index in [2.05, 4.69) is 11.4 Å². The molecule has 0 spiro atoms. The zero-order valence-corrected chi connectivity index (χ0v) is 9.71. The van der Waals surface area contributed by atoms with E-state index in [-0.39, 0.29) is 5.41 Å². The Morgan fingerprint density at radius 1 is 1.53 bits per heavy atom. The van der Waals surface area contributed by atoms with Gasteiger partial charge in [-0.2, -0.15) is 5.26 Å². The minimum Gasteiger partial charge on any atom is -0.480 e. The van der Waals surface area contributed by atoms with E-state index in [9.17, 15) is 4.79 Å². The smallest absolute Gasteiger partial charge is 0.320 e. The maximum absolute atomic E-state index is 10.5. The largest absolute Gasteiger partial charge is 0.480 e. The monoisotopic (exact) mass is 212 g/mol. The van der Waals surface area contributed by atoms with Gasteiger partial charge in [0.25, 0.3) is 0 Å². The lowest BCUT2D eigenvalue weighted by Gasteiger charge is -2.14. The number of nitriles is 1. The van der Waals surface area contributed by atoms with E-state index in [4.69, 9.17) is 10.4 Å². The quantitative estimate of drug-likeness (QED) is 0.631. The predicted molar refractivity (Wildman–Crippen MR) is 58.3 cm³/mol. The molecule has 0 aromatic heterocycles. The van der Waals surface area contributed by atoms with Gasteiger partial charge in [-0.05, 0) is 40.2 Å². The second-order valence-corrected chi connectivity index (χ2v) is 4.47. The van der Waals surface area contributed by atoms with E-state index in [0.29, 0.717) is 6.54 Å². The summed E-state index contributed by atoms with van der Waals surface area (Å²) in [6.45, 7) is 6.15. The second kappa shape index (κ2) is 6.41. The molecule has 0 saturated heterocycles. The Bertz CT molecular complexity index is 243. The van der Waals surface area contributed by atoms with Crippen molar-refractivity contribution in [2.45, 2.75) is 46.1 Å². The fourth-order valence-corrected chi connectivity index (χ4v) is 1.15. The molecule has 0 aliphatic heterocycles. The first-order valence-corrected chi connectivity index (χ1v) is 5.26. The molecule has 0 fully saturated rings. The van der Waals surface area contributed by atoms with Crippen molar-refractivity contribution in [1.29, 1.82) is 5.26 Å². The van der Waals surface area contributed by atoms with Crippen molar-refractivity contribution in [3.8, 4) is 6.07 Å². The highest BCUT2D eigenvalue weighted by atomic mass is 16.4. The standard InChI is InChI=1S/C11H20N2O2/c1-9(10(14)15)13-7-5-4-6-11(2,3)8-12/h9,13H,4-7H2,1-3H3,(H,14,15). The molecule has 0 rings (SSSR count). The first-order valence-electron chi connectivity index (χ1n) is 5.26. The first kappa shape index (κ1) is 13.9. The Labute approximate surface area is 91.3 Å². The van der Waals surface area contributed by atoms with Crippen LogP contribution in [0.5, 0.6) is 0 Å². The Morgan fingerprint density at radius 3 is 2.60 bits per heavy atom. The summed E-state index contributed by atoms with van der Waals surface area (Å²) in [5.74, 6) is -0.827. The third-order valence-corrected chi connectivity index (χ3v) is 2.35. The van der Waals surface area contributed by atoms with Crippen LogP contribution in [0.4, 0.5) is 0 Å². The van der Waals surface area contributed by atoms with Gasteiger partial charge in [-0.25, -0.2) is 0 Å². The van der Waals surface area contributed by atoms with Crippen LogP contribution in [-0.4, -0.2) is 23.7 Å². The summed E-state index contributed by atoms with van der Waals surface area (Å²) in [5.41, 5.74) is -0.265. The molecule has 0 saturated carbocycles. The molecule has 0 radical (unpaired) electrons. The fourth-order valence-electron chi connectivity index (χ4n) is 1.15. The molecule has 1 unspecified atom stereocenters. The summed E-state index contributed by atoms with van der Waals surface area (Å²) in [6.07, 6.45) is 2.70. The van der Waals surface area contributed by atoms with E-state index >= 15 is 0 Å². The third kappa shape index (κ3) is 6.92. The number of carboxylic acid groups (broad SMARTS) is 1. The molecule has 0 bridgehead atoms. The van der Waals surface area contributed by atoms with Crippen molar-refractivity contribution in [2.75, 3.05) is 6.54 Å². The van der Waals surface area contributed by atoms with E-state index in [1.54, 1.807) is 6.92 Å². The van der Waals surface area contributed by atoms with Gasteiger partial charge in [0.2, 0.25) is 0 Å². The second-order valence-electron chi connectivity index (χ2n) is 4.47. The first-order chi connectivity index (χ1) is 6.89. The SMILES string of the molecule is CC(NCCCCC(C)(C)C#N)C(=O)O. The van der Waals surface area contributed by atoms with Crippen LogP contribution in [0, 0.1) is 16.7 Å². The van der Waals surface area contributed by atoms with Crippen LogP contribution in [0.2, 0.25) is 0 Å². The zero-order chi connectivity index (χ0) is 11.9. The van der Waals surface area contributed by atoms with Crippen molar-refractivity contribution in [3.05, 3.63) is 0 Å². The zero-order valence-electron chi connectivity index (χ0n) is 9.71. The summed E-state index contributed by atoms with van der Waals surface area (Å²) < 4.78 is 0. The molecule has 0 amide bonds. The van der Waals surface area contributed by atoms with Gasteiger partial charge in [-0.3, -0.25) is 4.79 Å². The molecule has 86 valence electrons. The van der Waals surface area contributed by atoms with E-state index < -0.39 is 12.0 Å². The molecule has 4 heteroatoms. The number of unbranched alkanes of at least 4 members (excludes halogenated alkanes) is 1. The third-order valence-electron chi connectivity index (χ3n) is 2.35. The molecule has 0 aliphatic rings. The average Bonchev–Trinajstić information content (AvgIpc) is 2.16. The molecule has 0 aliphatic carbocycles. The fraction of sp³-hybridized carbons (Fsp3) is 0.818. The number of carboxylic acids is 1. The van der Waals surface area contributed by atoms with Crippen molar-refractivity contribution in [3.63, 3.8) is 0 Å². The summed E-state index contributed by atoms with van der Waals surface area (Å²) >= 11 is 0. The maximum Gasteiger partial charge on any atom is 0.320 e. The minimum atomic E-state index is -0.827. The minimum absolute atomic E-state index is 0.265. The van der Waals surface area contributed by atoms with Gasteiger partial charge in [0, 0.05) is 0 Å². The number of aliphatic carboxylic acids is 1. The molecule has 0 aromatic carbocycles. The van der Waals surface area contributed by atoms with Crippen molar-refractivity contribution < 1.29 is 9.90 Å². The maximum atomic E-state index is 10.5. The van der Waals surface area contributed by atoms with Crippen molar-refractivity contribution in [1.82, 2.24) is 5.32 Å². The highest BCUT2D eigenvalue weighted by molar-refractivity contribution is 5.72. The lowest BCUT2D eigenvalue weighted by atomic mass is 9.89. The molecular formula is C11H20N2O2. The average molecular weight is 212 g/mol. The van der Waals surface area contributed by atoms with Crippen LogP contribution in [0.25, 0.3) is 0 Å². The lowest BCUT2D eigenvalue weighted by Crippen LogP contribution is -2.34.